The van der Waals surface area contributed by atoms with Gasteiger partial charge in [-0.1, -0.05) is 0 Å². The fourth-order valence-electron chi connectivity index (χ4n) is 3.45. The van der Waals surface area contributed by atoms with Crippen LogP contribution in [-0.4, -0.2) is 50.3 Å². The van der Waals surface area contributed by atoms with E-state index in [1.54, 1.807) is 7.11 Å². The Morgan fingerprint density at radius 2 is 1.88 bits per heavy atom. The van der Waals surface area contributed by atoms with Crippen molar-refractivity contribution >= 4 is 5.91 Å². The number of nitrogens with one attached hydrogen (secondary N) is 1. The number of hydrogen-bond donors (Lipinski definition) is 1. The van der Waals surface area contributed by atoms with E-state index in [0.29, 0.717) is 43.0 Å². The number of piperidine rings is 1. The molecule has 1 saturated heterocycles. The van der Waals surface area contributed by atoms with Crippen molar-refractivity contribution in [3.63, 3.8) is 0 Å². The second-order valence-electron chi connectivity index (χ2n) is 6.93. The first kappa shape index (κ1) is 17.9. The molecule has 1 N–H and O–H groups in total. The Morgan fingerprint density at radius 3 is 2.48 bits per heavy atom. The van der Waals surface area contributed by atoms with E-state index in [0.717, 1.165) is 31.5 Å². The van der Waals surface area contributed by atoms with Gasteiger partial charge in [-0.25, -0.2) is 0 Å². The lowest BCUT2D eigenvalue weighted by Crippen LogP contribution is -2.43. The molecule has 2 aliphatic rings. The predicted molar refractivity (Wildman–Crippen MR) is 95.3 cm³/mol. The molecular weight excluding hydrogens is 320 g/mol. The molecule has 6 heteroatoms. The first-order valence-corrected chi connectivity index (χ1v) is 9.06. The topological polar surface area (TPSA) is 60.0 Å². The van der Waals surface area contributed by atoms with E-state index in [9.17, 15) is 4.79 Å². The number of carbonyl (C=O) groups excluding carboxylic acids is 1. The van der Waals surface area contributed by atoms with Gasteiger partial charge in [0.25, 0.3) is 0 Å². The van der Waals surface area contributed by atoms with Crippen LogP contribution in [0.2, 0.25) is 0 Å². The Hall–Kier alpha value is -1.95. The predicted octanol–water partition coefficient (Wildman–Crippen LogP) is 2.20. The lowest BCUT2D eigenvalue weighted by atomic mass is 9.95. The molecule has 2 aliphatic heterocycles. The van der Waals surface area contributed by atoms with Gasteiger partial charge in [-0.3, -0.25) is 4.79 Å². The quantitative estimate of drug-likeness (QED) is 0.884. The Balaban J connectivity index is 1.59. The first-order chi connectivity index (χ1) is 12.1. The number of hydrogen-bond acceptors (Lipinski definition) is 5. The maximum Gasteiger partial charge on any atom is 0.223 e. The molecule has 0 aromatic heterocycles. The van der Waals surface area contributed by atoms with Crippen LogP contribution in [0, 0.1) is 5.92 Å². The van der Waals surface area contributed by atoms with Gasteiger partial charge in [0.15, 0.2) is 11.5 Å². The number of methoxy groups -OCH3 is 1. The summed E-state index contributed by atoms with van der Waals surface area (Å²) in [4.78, 5) is 14.9. The summed E-state index contributed by atoms with van der Waals surface area (Å²) in [5.74, 6) is 2.33. The molecule has 6 nitrogen and oxygen atoms in total. The maximum atomic E-state index is 12.5. The summed E-state index contributed by atoms with van der Waals surface area (Å²) in [6.45, 7) is 7.90. The number of carbonyl (C=O) groups is 1. The summed E-state index contributed by atoms with van der Waals surface area (Å²) in [5.41, 5.74) is 0.903. The van der Waals surface area contributed by atoms with E-state index in [1.807, 2.05) is 12.1 Å². The number of amides is 1. The maximum absolute atomic E-state index is 12.5. The van der Waals surface area contributed by atoms with Gasteiger partial charge >= 0.3 is 0 Å². The van der Waals surface area contributed by atoms with Crippen molar-refractivity contribution in [3.05, 3.63) is 17.7 Å². The average molecular weight is 348 g/mol. The molecular formula is C19H28N2O4. The van der Waals surface area contributed by atoms with E-state index in [1.165, 1.54) is 0 Å². The van der Waals surface area contributed by atoms with Crippen LogP contribution < -0.4 is 19.5 Å². The van der Waals surface area contributed by atoms with E-state index in [2.05, 4.69) is 24.1 Å². The zero-order valence-corrected chi connectivity index (χ0v) is 15.3. The van der Waals surface area contributed by atoms with Gasteiger partial charge in [-0.05, 0) is 45.8 Å². The molecule has 25 heavy (non-hydrogen) atoms. The van der Waals surface area contributed by atoms with Crippen molar-refractivity contribution < 1.29 is 19.0 Å². The standard InChI is InChI=1S/C19H28N2O4/c1-13(2)21-6-4-14(5-7-21)19(22)20-12-15-10-17-18(11-16(15)23-3)25-9-8-24-17/h10-11,13-14H,4-9,12H2,1-3H3,(H,20,22). The van der Waals surface area contributed by atoms with Crippen LogP contribution in [0.5, 0.6) is 17.2 Å². The van der Waals surface area contributed by atoms with Gasteiger partial charge in [-0.15, -0.1) is 0 Å². The van der Waals surface area contributed by atoms with Crippen molar-refractivity contribution in [2.45, 2.75) is 39.3 Å². The highest BCUT2D eigenvalue weighted by Crippen LogP contribution is 2.36. The molecule has 0 radical (unpaired) electrons. The summed E-state index contributed by atoms with van der Waals surface area (Å²) >= 11 is 0. The van der Waals surface area contributed by atoms with E-state index in [-0.39, 0.29) is 11.8 Å². The molecule has 1 aromatic rings. The van der Waals surface area contributed by atoms with Crippen molar-refractivity contribution in [2.24, 2.45) is 5.92 Å². The minimum Gasteiger partial charge on any atom is -0.496 e. The molecule has 3 rings (SSSR count). The number of fused-ring (bicyclic) bond motifs is 1. The fourth-order valence-corrected chi connectivity index (χ4v) is 3.45. The van der Waals surface area contributed by atoms with Crippen molar-refractivity contribution in [2.75, 3.05) is 33.4 Å². The molecule has 0 atom stereocenters. The van der Waals surface area contributed by atoms with Crippen LogP contribution in [0.1, 0.15) is 32.3 Å². The van der Waals surface area contributed by atoms with Crippen LogP contribution >= 0.6 is 0 Å². The average Bonchev–Trinajstić information content (AvgIpc) is 2.65. The lowest BCUT2D eigenvalue weighted by molar-refractivity contribution is -0.126. The summed E-state index contributed by atoms with van der Waals surface area (Å²) in [6.07, 6.45) is 1.84. The second kappa shape index (κ2) is 7.95. The highest BCUT2D eigenvalue weighted by molar-refractivity contribution is 5.78. The van der Waals surface area contributed by atoms with Crippen LogP contribution in [0.4, 0.5) is 0 Å². The highest BCUT2D eigenvalue weighted by atomic mass is 16.6. The molecule has 2 heterocycles. The zero-order chi connectivity index (χ0) is 17.8. The number of rotatable bonds is 5. The third-order valence-electron chi connectivity index (χ3n) is 5.03. The number of likely N-dealkylation sites (tertiary alicyclic amines) is 1. The Kier molecular flexibility index (Phi) is 5.68. The smallest absolute Gasteiger partial charge is 0.223 e. The van der Waals surface area contributed by atoms with Crippen molar-refractivity contribution in [1.29, 1.82) is 0 Å². The van der Waals surface area contributed by atoms with Crippen LogP contribution in [-0.2, 0) is 11.3 Å². The van der Waals surface area contributed by atoms with Gasteiger partial charge < -0.3 is 24.4 Å². The zero-order valence-electron chi connectivity index (χ0n) is 15.3. The summed E-state index contributed by atoms with van der Waals surface area (Å²) < 4.78 is 16.6. The Labute approximate surface area is 149 Å². The molecule has 1 amide bonds. The van der Waals surface area contributed by atoms with Crippen LogP contribution in [0.15, 0.2) is 12.1 Å². The molecule has 0 unspecified atom stereocenters. The molecule has 0 aliphatic carbocycles. The SMILES string of the molecule is COc1cc2c(cc1CNC(=O)C1CCN(C(C)C)CC1)OCCO2. The summed E-state index contributed by atoms with van der Waals surface area (Å²) in [7, 11) is 1.62. The van der Waals surface area contributed by atoms with Crippen molar-refractivity contribution in [3.8, 4) is 17.2 Å². The minimum absolute atomic E-state index is 0.0956. The molecule has 0 bridgehead atoms. The lowest BCUT2D eigenvalue weighted by Gasteiger charge is -2.34. The van der Waals surface area contributed by atoms with Gasteiger partial charge in [0.05, 0.1) is 7.11 Å². The van der Waals surface area contributed by atoms with Crippen LogP contribution in [0.25, 0.3) is 0 Å². The molecule has 0 spiro atoms. The third-order valence-corrected chi connectivity index (χ3v) is 5.03. The number of ether oxygens (including phenoxy) is 3. The molecule has 1 fully saturated rings. The fraction of sp³-hybridized carbons (Fsp3) is 0.632. The molecule has 1 aromatic carbocycles. The number of benzene rings is 1. The van der Waals surface area contributed by atoms with Gasteiger partial charge in [0.2, 0.25) is 5.91 Å². The van der Waals surface area contributed by atoms with Crippen molar-refractivity contribution in [1.82, 2.24) is 10.2 Å². The molecule has 0 saturated carbocycles. The first-order valence-electron chi connectivity index (χ1n) is 9.06. The van der Waals surface area contributed by atoms with Gasteiger partial charge in [0, 0.05) is 30.1 Å². The highest BCUT2D eigenvalue weighted by Gasteiger charge is 2.26. The second-order valence-corrected chi connectivity index (χ2v) is 6.93. The van der Waals surface area contributed by atoms with E-state index < -0.39 is 0 Å². The Morgan fingerprint density at radius 1 is 1.24 bits per heavy atom. The summed E-state index contributed by atoms with van der Waals surface area (Å²) in [5, 5.41) is 3.06. The largest absolute Gasteiger partial charge is 0.496 e. The summed E-state index contributed by atoms with van der Waals surface area (Å²) in [6, 6.07) is 4.28. The monoisotopic (exact) mass is 348 g/mol. The van der Waals surface area contributed by atoms with E-state index in [4.69, 9.17) is 14.2 Å². The Bertz CT molecular complexity index is 610. The normalized spacial score (nSPS) is 18.2. The van der Waals surface area contributed by atoms with E-state index >= 15 is 0 Å². The van der Waals surface area contributed by atoms with Crippen LogP contribution in [0.3, 0.4) is 0 Å². The third kappa shape index (κ3) is 4.18. The van der Waals surface area contributed by atoms with Gasteiger partial charge in [0.1, 0.15) is 19.0 Å². The number of nitrogens with zero attached hydrogens (tertiary/aromatic N) is 1. The minimum atomic E-state index is 0.0956. The van der Waals surface area contributed by atoms with Gasteiger partial charge in [-0.2, -0.15) is 0 Å². The molecule has 138 valence electrons.